The Bertz CT molecular complexity index is 1400. The van der Waals surface area contributed by atoms with E-state index < -0.39 is 23.7 Å². The molecule has 0 saturated carbocycles. The van der Waals surface area contributed by atoms with Gasteiger partial charge in [0.25, 0.3) is 5.78 Å². The number of aliphatic hydroxyl groups excluding tert-OH is 1. The Morgan fingerprint density at radius 2 is 1.87 bits per heavy atom. The van der Waals surface area contributed by atoms with E-state index in [1.165, 1.54) is 23.4 Å². The van der Waals surface area contributed by atoms with E-state index in [0.717, 1.165) is 30.6 Å². The van der Waals surface area contributed by atoms with Crippen LogP contribution in [0.25, 0.3) is 5.76 Å². The quantitative estimate of drug-likeness (QED) is 0.0848. The van der Waals surface area contributed by atoms with Crippen LogP contribution in [0.3, 0.4) is 0 Å². The highest BCUT2D eigenvalue weighted by Crippen LogP contribution is 2.44. The van der Waals surface area contributed by atoms with Crippen LogP contribution in [0.4, 0.5) is 5.13 Å². The maximum absolute atomic E-state index is 13.4. The lowest BCUT2D eigenvalue weighted by molar-refractivity contribution is -0.132. The third-order valence-electron chi connectivity index (χ3n) is 6.12. The lowest BCUT2D eigenvalue weighted by atomic mass is 9.95. The van der Waals surface area contributed by atoms with Crippen molar-refractivity contribution in [1.29, 1.82) is 0 Å². The fraction of sp³-hybridized carbons (Fsp3) is 0.276. The molecule has 0 bridgehead atoms. The number of esters is 1. The average Bonchev–Trinajstić information content (AvgIpc) is 3.46. The van der Waals surface area contributed by atoms with Crippen molar-refractivity contribution in [3.63, 3.8) is 0 Å². The van der Waals surface area contributed by atoms with E-state index in [0.29, 0.717) is 29.2 Å². The Labute approximate surface area is 230 Å². The van der Waals surface area contributed by atoms with Gasteiger partial charge in [0.2, 0.25) is 0 Å². The summed E-state index contributed by atoms with van der Waals surface area (Å²) < 4.78 is 11.0. The summed E-state index contributed by atoms with van der Waals surface area (Å²) in [6.07, 6.45) is 7.50. The number of ketones is 1. The number of ether oxygens (including phenoxy) is 2. The molecule has 3 heterocycles. The first-order valence-electron chi connectivity index (χ1n) is 12.6. The van der Waals surface area contributed by atoms with Crippen molar-refractivity contribution in [1.82, 2.24) is 9.97 Å². The van der Waals surface area contributed by atoms with Gasteiger partial charge in [0.05, 0.1) is 23.9 Å². The minimum Gasteiger partial charge on any atom is -0.507 e. The summed E-state index contributed by atoms with van der Waals surface area (Å²) in [5.41, 5.74) is 1.17. The van der Waals surface area contributed by atoms with Gasteiger partial charge in [0.1, 0.15) is 23.0 Å². The van der Waals surface area contributed by atoms with Crippen LogP contribution in [0.15, 0.2) is 67.0 Å². The number of Topliss-reactive ketones (excluding diaryl/α,β-unsaturated/α-hetero) is 1. The Balaban J connectivity index is 1.78. The number of carbonyl (C=O) groups is 3. The molecule has 0 spiro atoms. The van der Waals surface area contributed by atoms with Gasteiger partial charge in [0.15, 0.2) is 5.13 Å². The summed E-state index contributed by atoms with van der Waals surface area (Å²) in [5.74, 6) is -2.01. The predicted octanol–water partition coefficient (Wildman–Crippen LogP) is 5.38. The van der Waals surface area contributed by atoms with Crippen molar-refractivity contribution in [3.05, 3.63) is 88.7 Å². The maximum atomic E-state index is 13.4. The number of aryl methyl sites for hydroxylation is 1. The van der Waals surface area contributed by atoms with Crippen LogP contribution in [0.5, 0.6) is 5.75 Å². The molecule has 0 aliphatic carbocycles. The Morgan fingerprint density at radius 1 is 1.15 bits per heavy atom. The molecule has 1 amide bonds. The fourth-order valence-corrected chi connectivity index (χ4v) is 5.16. The van der Waals surface area contributed by atoms with Gasteiger partial charge < -0.3 is 14.6 Å². The number of amides is 1. The topological polar surface area (TPSA) is 119 Å². The number of anilines is 1. The standard InChI is InChI=1S/C29H29N3O6S/c1-4-6-7-17-37-21-10-8-19(9-11-21)23-22(24(33)20-12-14-30-15-13-20)25(34)27(35)32(23)29-31-18(3)26(39-29)28(36)38-16-5-2/h5,8-15,23,33H,2,4,6-7,16-17H2,1,3H3. The first kappa shape index (κ1) is 27.7. The number of hydrogen-bond donors (Lipinski definition) is 1. The largest absolute Gasteiger partial charge is 0.507 e. The van der Waals surface area contributed by atoms with Gasteiger partial charge in [-0.3, -0.25) is 19.5 Å². The molecule has 1 fully saturated rings. The zero-order chi connectivity index (χ0) is 27.9. The Morgan fingerprint density at radius 3 is 2.54 bits per heavy atom. The minimum absolute atomic E-state index is 0.0226. The van der Waals surface area contributed by atoms with Crippen molar-refractivity contribution < 1.29 is 29.0 Å². The molecule has 2 aromatic heterocycles. The molecule has 9 nitrogen and oxygen atoms in total. The second kappa shape index (κ2) is 12.5. The number of hydrogen-bond acceptors (Lipinski definition) is 9. The minimum atomic E-state index is -0.991. The third kappa shape index (κ3) is 5.91. The van der Waals surface area contributed by atoms with Crippen molar-refractivity contribution in [2.75, 3.05) is 18.1 Å². The number of nitrogens with zero attached hydrogens (tertiary/aromatic N) is 3. The van der Waals surface area contributed by atoms with Crippen molar-refractivity contribution >= 4 is 39.9 Å². The molecule has 1 N–H and O–H groups in total. The third-order valence-corrected chi connectivity index (χ3v) is 7.26. The molecule has 1 atom stereocenters. The first-order valence-corrected chi connectivity index (χ1v) is 13.4. The number of benzene rings is 1. The fourth-order valence-electron chi connectivity index (χ4n) is 4.17. The van der Waals surface area contributed by atoms with E-state index in [-0.39, 0.29) is 27.9 Å². The van der Waals surface area contributed by atoms with Gasteiger partial charge in [-0.25, -0.2) is 9.78 Å². The number of aliphatic hydroxyl groups is 1. The second-order valence-corrected chi connectivity index (χ2v) is 9.81. The Kier molecular flexibility index (Phi) is 8.88. The summed E-state index contributed by atoms with van der Waals surface area (Å²) >= 11 is 0.942. The second-order valence-electron chi connectivity index (χ2n) is 8.83. The molecule has 10 heteroatoms. The summed E-state index contributed by atoms with van der Waals surface area (Å²) in [7, 11) is 0. The molecular weight excluding hydrogens is 518 g/mol. The van der Waals surface area contributed by atoms with Crippen LogP contribution >= 0.6 is 11.3 Å². The molecule has 1 aliphatic heterocycles. The van der Waals surface area contributed by atoms with Gasteiger partial charge >= 0.3 is 11.9 Å². The number of aromatic nitrogens is 2. The molecule has 202 valence electrons. The molecule has 39 heavy (non-hydrogen) atoms. The van der Waals surface area contributed by atoms with Crippen LogP contribution < -0.4 is 9.64 Å². The Hall–Kier alpha value is -4.31. The van der Waals surface area contributed by atoms with Crippen LogP contribution in [0.1, 0.15) is 58.7 Å². The summed E-state index contributed by atoms with van der Waals surface area (Å²) in [6, 6.07) is 9.13. The van der Waals surface area contributed by atoms with Crippen molar-refractivity contribution in [2.45, 2.75) is 39.2 Å². The normalized spacial score (nSPS) is 16.4. The molecule has 1 unspecified atom stereocenters. The molecule has 1 aliphatic rings. The average molecular weight is 548 g/mol. The lowest BCUT2D eigenvalue weighted by Crippen LogP contribution is -2.29. The smallest absolute Gasteiger partial charge is 0.350 e. The van der Waals surface area contributed by atoms with Crippen LogP contribution in [-0.2, 0) is 14.3 Å². The van der Waals surface area contributed by atoms with E-state index in [4.69, 9.17) is 9.47 Å². The summed E-state index contributed by atoms with van der Waals surface area (Å²) in [5, 5.41) is 11.3. The SMILES string of the molecule is C=CCOC(=O)c1sc(N2C(=O)C(=O)C(=C(O)c3ccncc3)C2c2ccc(OCCCCC)cc2)nc1C. The van der Waals surface area contributed by atoms with Gasteiger partial charge in [-0.1, -0.05) is 55.9 Å². The molecule has 4 rings (SSSR count). The van der Waals surface area contributed by atoms with E-state index >= 15 is 0 Å². The van der Waals surface area contributed by atoms with Gasteiger partial charge in [-0.2, -0.15) is 0 Å². The van der Waals surface area contributed by atoms with Crippen LogP contribution in [0, 0.1) is 6.92 Å². The van der Waals surface area contributed by atoms with Crippen molar-refractivity contribution in [3.8, 4) is 5.75 Å². The van der Waals surface area contributed by atoms with Gasteiger partial charge in [0, 0.05) is 18.0 Å². The van der Waals surface area contributed by atoms with Crippen molar-refractivity contribution in [2.24, 2.45) is 0 Å². The highest BCUT2D eigenvalue weighted by Gasteiger charge is 2.48. The number of pyridine rings is 1. The number of unbranched alkanes of at least 4 members (excludes halogenated alkanes) is 2. The van der Waals surface area contributed by atoms with Gasteiger partial charge in [-0.05, 0) is 43.2 Å². The van der Waals surface area contributed by atoms with E-state index in [9.17, 15) is 19.5 Å². The van der Waals surface area contributed by atoms with Crippen LogP contribution in [-0.4, -0.2) is 45.9 Å². The monoisotopic (exact) mass is 547 g/mol. The highest BCUT2D eigenvalue weighted by molar-refractivity contribution is 7.17. The zero-order valence-corrected chi connectivity index (χ0v) is 22.6. The number of rotatable bonds is 11. The molecular formula is C29H29N3O6S. The predicted molar refractivity (Wildman–Crippen MR) is 148 cm³/mol. The van der Waals surface area contributed by atoms with E-state index in [1.54, 1.807) is 43.3 Å². The maximum Gasteiger partial charge on any atom is 0.350 e. The molecule has 3 aromatic rings. The van der Waals surface area contributed by atoms with Crippen LogP contribution in [0.2, 0.25) is 0 Å². The molecule has 0 radical (unpaired) electrons. The highest BCUT2D eigenvalue weighted by atomic mass is 32.1. The number of carbonyl (C=O) groups excluding carboxylic acids is 3. The van der Waals surface area contributed by atoms with E-state index in [1.807, 2.05) is 0 Å². The lowest BCUT2D eigenvalue weighted by Gasteiger charge is -2.23. The zero-order valence-electron chi connectivity index (χ0n) is 21.8. The number of thiazole rings is 1. The summed E-state index contributed by atoms with van der Waals surface area (Å²) in [6.45, 7) is 7.88. The molecule has 1 saturated heterocycles. The first-order chi connectivity index (χ1) is 18.9. The molecule has 1 aromatic carbocycles. The van der Waals surface area contributed by atoms with E-state index in [2.05, 4.69) is 23.5 Å². The summed E-state index contributed by atoms with van der Waals surface area (Å²) in [4.78, 5) is 49.1. The van der Waals surface area contributed by atoms with Gasteiger partial charge in [-0.15, -0.1) is 0 Å².